The summed E-state index contributed by atoms with van der Waals surface area (Å²) in [5, 5.41) is 8.77. The first kappa shape index (κ1) is 26.5. The zero-order valence-electron chi connectivity index (χ0n) is 21.1. The number of anilines is 1. The molecule has 0 aromatic heterocycles. The molecule has 1 aliphatic rings. The van der Waals surface area contributed by atoms with Crippen molar-refractivity contribution >= 4 is 11.7 Å². The molecule has 2 aromatic rings. The predicted octanol–water partition coefficient (Wildman–Crippen LogP) is 4.45. The smallest absolute Gasteiger partial charge is 0.303 e. The van der Waals surface area contributed by atoms with E-state index in [0.29, 0.717) is 24.5 Å². The molecule has 2 aromatic carbocycles. The van der Waals surface area contributed by atoms with E-state index >= 15 is 0 Å². The van der Waals surface area contributed by atoms with Gasteiger partial charge in [0.1, 0.15) is 5.75 Å². The number of ether oxygens (including phenoxy) is 4. The Kier molecular flexibility index (Phi) is 10.3. The lowest BCUT2D eigenvalue weighted by Gasteiger charge is -2.37. The Bertz CT molecular complexity index is 943. The molecule has 0 saturated carbocycles. The number of hydrogen-bond donors (Lipinski definition) is 1. The predicted molar refractivity (Wildman–Crippen MR) is 136 cm³/mol. The van der Waals surface area contributed by atoms with Gasteiger partial charge >= 0.3 is 5.97 Å². The number of unbranched alkanes of at least 4 members (excludes halogenated alkanes) is 3. The second kappa shape index (κ2) is 13.7. The van der Waals surface area contributed by atoms with Gasteiger partial charge in [0.25, 0.3) is 0 Å². The fourth-order valence-electron chi connectivity index (χ4n) is 4.41. The molecular weight excluding hydrogens is 448 g/mol. The third kappa shape index (κ3) is 7.42. The first-order valence-electron chi connectivity index (χ1n) is 12.3. The van der Waals surface area contributed by atoms with E-state index in [1.807, 2.05) is 24.3 Å². The third-order valence-corrected chi connectivity index (χ3v) is 6.31. The molecule has 35 heavy (non-hydrogen) atoms. The van der Waals surface area contributed by atoms with Crippen LogP contribution in [0.3, 0.4) is 0 Å². The van der Waals surface area contributed by atoms with Crippen LogP contribution in [0, 0.1) is 0 Å². The molecule has 1 fully saturated rings. The SMILES string of the molecule is COc1ccccc1N1CCN(Cc2ccc(OC)c(OC)c2OCCCCCCC(=O)O)CC1. The van der Waals surface area contributed by atoms with Gasteiger partial charge in [-0.3, -0.25) is 9.69 Å². The maximum absolute atomic E-state index is 10.7. The number of rotatable bonds is 14. The van der Waals surface area contributed by atoms with Gasteiger partial charge in [-0.1, -0.05) is 31.0 Å². The van der Waals surface area contributed by atoms with Crippen LogP contribution in [0.1, 0.15) is 37.7 Å². The molecule has 8 nitrogen and oxygen atoms in total. The molecule has 1 heterocycles. The van der Waals surface area contributed by atoms with Crippen molar-refractivity contribution in [2.24, 2.45) is 0 Å². The molecule has 0 aliphatic carbocycles. The number of aliphatic carboxylic acids is 1. The van der Waals surface area contributed by atoms with Crippen LogP contribution < -0.4 is 23.8 Å². The summed E-state index contributed by atoms with van der Waals surface area (Å²) >= 11 is 0. The van der Waals surface area contributed by atoms with Gasteiger partial charge < -0.3 is 29.0 Å². The zero-order chi connectivity index (χ0) is 25.0. The molecule has 0 bridgehead atoms. The van der Waals surface area contributed by atoms with Crippen molar-refractivity contribution in [1.29, 1.82) is 0 Å². The summed E-state index contributed by atoms with van der Waals surface area (Å²) in [5.74, 6) is 2.15. The maximum atomic E-state index is 10.7. The van der Waals surface area contributed by atoms with Gasteiger partial charge in [-0.05, 0) is 31.0 Å². The zero-order valence-corrected chi connectivity index (χ0v) is 21.1. The standard InChI is InChI=1S/C27H38N2O6/c1-32-23-11-8-7-10-22(23)29-17-15-28(16-18-29)20-21-13-14-24(33-2)27(34-3)26(21)35-19-9-5-4-6-12-25(30)31/h7-8,10-11,13-14H,4-6,9,12,15-20H2,1-3H3,(H,30,31). The number of para-hydroxylation sites is 2. The number of piperazine rings is 1. The number of hydrogen-bond acceptors (Lipinski definition) is 7. The summed E-state index contributed by atoms with van der Waals surface area (Å²) in [6.45, 7) is 4.99. The van der Waals surface area contributed by atoms with Crippen LogP contribution in [0.5, 0.6) is 23.0 Å². The van der Waals surface area contributed by atoms with Crippen molar-refractivity contribution < 1.29 is 28.8 Å². The van der Waals surface area contributed by atoms with Crippen LogP contribution in [-0.4, -0.2) is 70.1 Å². The average molecular weight is 487 g/mol. The quantitative estimate of drug-likeness (QED) is 0.393. The highest BCUT2D eigenvalue weighted by molar-refractivity contribution is 5.66. The lowest BCUT2D eigenvalue weighted by Crippen LogP contribution is -2.46. The van der Waals surface area contributed by atoms with Crippen LogP contribution in [0.4, 0.5) is 5.69 Å². The van der Waals surface area contributed by atoms with E-state index in [0.717, 1.165) is 74.7 Å². The van der Waals surface area contributed by atoms with Crippen LogP contribution in [0.15, 0.2) is 36.4 Å². The molecule has 0 radical (unpaired) electrons. The second-order valence-electron chi connectivity index (χ2n) is 8.63. The van der Waals surface area contributed by atoms with Crippen LogP contribution in [0.2, 0.25) is 0 Å². The van der Waals surface area contributed by atoms with E-state index in [9.17, 15) is 4.79 Å². The minimum absolute atomic E-state index is 0.221. The van der Waals surface area contributed by atoms with E-state index in [1.165, 1.54) is 0 Å². The number of nitrogens with zero attached hydrogens (tertiary/aromatic N) is 2. The molecule has 192 valence electrons. The highest BCUT2D eigenvalue weighted by Gasteiger charge is 2.23. The monoisotopic (exact) mass is 486 g/mol. The largest absolute Gasteiger partial charge is 0.495 e. The molecule has 3 rings (SSSR count). The first-order chi connectivity index (χ1) is 17.1. The van der Waals surface area contributed by atoms with Crippen LogP contribution >= 0.6 is 0 Å². The molecule has 0 atom stereocenters. The fraction of sp³-hybridized carbons (Fsp3) is 0.519. The molecular formula is C27H38N2O6. The highest BCUT2D eigenvalue weighted by Crippen LogP contribution is 2.41. The van der Waals surface area contributed by atoms with E-state index < -0.39 is 5.97 Å². The third-order valence-electron chi connectivity index (χ3n) is 6.31. The second-order valence-corrected chi connectivity index (χ2v) is 8.63. The van der Waals surface area contributed by atoms with Crippen molar-refractivity contribution in [3.05, 3.63) is 42.0 Å². The highest BCUT2D eigenvalue weighted by atomic mass is 16.5. The van der Waals surface area contributed by atoms with Gasteiger partial charge in [-0.2, -0.15) is 0 Å². The van der Waals surface area contributed by atoms with Crippen LogP contribution in [0.25, 0.3) is 0 Å². The van der Waals surface area contributed by atoms with Gasteiger partial charge in [0.15, 0.2) is 11.5 Å². The first-order valence-corrected chi connectivity index (χ1v) is 12.3. The Hall–Kier alpha value is -3.13. The summed E-state index contributed by atoms with van der Waals surface area (Å²) in [6.07, 6.45) is 3.59. The molecule has 0 spiro atoms. The number of carboxylic acid groups (broad SMARTS) is 1. The number of carbonyl (C=O) groups is 1. The van der Waals surface area contributed by atoms with E-state index in [-0.39, 0.29) is 6.42 Å². The summed E-state index contributed by atoms with van der Waals surface area (Å²) in [7, 11) is 4.97. The van der Waals surface area contributed by atoms with Gasteiger partial charge in [-0.15, -0.1) is 0 Å². The minimum Gasteiger partial charge on any atom is -0.495 e. The van der Waals surface area contributed by atoms with E-state index in [1.54, 1.807) is 21.3 Å². The lowest BCUT2D eigenvalue weighted by molar-refractivity contribution is -0.137. The van der Waals surface area contributed by atoms with Crippen LogP contribution in [-0.2, 0) is 11.3 Å². The van der Waals surface area contributed by atoms with Gasteiger partial charge in [0.05, 0.1) is 33.6 Å². The average Bonchev–Trinajstić information content (AvgIpc) is 2.88. The van der Waals surface area contributed by atoms with E-state index in [2.05, 4.69) is 21.9 Å². The number of benzene rings is 2. The Morgan fingerprint density at radius 1 is 0.829 bits per heavy atom. The van der Waals surface area contributed by atoms with Gasteiger partial charge in [0.2, 0.25) is 5.75 Å². The molecule has 1 aliphatic heterocycles. The van der Waals surface area contributed by atoms with Crippen molar-refractivity contribution in [2.45, 2.75) is 38.6 Å². The molecule has 1 N–H and O–H groups in total. The Balaban J connectivity index is 1.60. The Morgan fingerprint density at radius 2 is 1.54 bits per heavy atom. The Morgan fingerprint density at radius 3 is 2.23 bits per heavy atom. The normalized spacial score (nSPS) is 14.0. The van der Waals surface area contributed by atoms with Crippen molar-refractivity contribution in [1.82, 2.24) is 4.90 Å². The molecule has 0 unspecified atom stereocenters. The van der Waals surface area contributed by atoms with Crippen molar-refractivity contribution in [3.8, 4) is 23.0 Å². The summed E-state index contributed by atoms with van der Waals surface area (Å²) in [5.41, 5.74) is 2.20. The van der Waals surface area contributed by atoms with Crippen molar-refractivity contribution in [3.63, 3.8) is 0 Å². The topological polar surface area (TPSA) is 80.7 Å². The van der Waals surface area contributed by atoms with Crippen molar-refractivity contribution in [2.75, 3.05) is 59.0 Å². The molecule has 8 heteroatoms. The van der Waals surface area contributed by atoms with E-state index in [4.69, 9.17) is 24.1 Å². The summed E-state index contributed by atoms with van der Waals surface area (Å²) in [4.78, 5) is 15.5. The maximum Gasteiger partial charge on any atom is 0.303 e. The summed E-state index contributed by atoms with van der Waals surface area (Å²) < 4.78 is 22.9. The lowest BCUT2D eigenvalue weighted by atomic mass is 10.1. The number of methoxy groups -OCH3 is 3. The molecule has 1 saturated heterocycles. The minimum atomic E-state index is -0.740. The van der Waals surface area contributed by atoms with Gasteiger partial charge in [-0.25, -0.2) is 0 Å². The Labute approximate surface area is 208 Å². The molecule has 0 amide bonds. The fourth-order valence-corrected chi connectivity index (χ4v) is 4.41. The summed E-state index contributed by atoms with van der Waals surface area (Å²) in [6, 6.07) is 12.1. The van der Waals surface area contributed by atoms with Gasteiger partial charge in [0, 0.05) is 44.7 Å². The number of carboxylic acids is 1.